The lowest BCUT2D eigenvalue weighted by Gasteiger charge is -1.94. The Morgan fingerprint density at radius 2 is 2.06 bits per heavy atom. The molecule has 0 spiro atoms. The predicted molar refractivity (Wildman–Crippen MR) is 81.0 cm³/mol. The van der Waals surface area contributed by atoms with Crippen molar-refractivity contribution in [3.05, 3.63) is 33.1 Å². The van der Waals surface area contributed by atoms with Gasteiger partial charge in [0.1, 0.15) is 11.3 Å². The van der Waals surface area contributed by atoms with Crippen LogP contribution in [-0.2, 0) is 0 Å². The molecule has 3 rings (SSSR count). The van der Waals surface area contributed by atoms with E-state index in [0.717, 1.165) is 26.2 Å². The van der Waals surface area contributed by atoms with Crippen LogP contribution in [-0.4, -0.2) is 9.97 Å². The lowest BCUT2D eigenvalue weighted by atomic mass is 10.3. The first kappa shape index (κ1) is 11.7. The number of nitrogens with two attached hydrogens (primary N) is 1. The van der Waals surface area contributed by atoms with Crippen molar-refractivity contribution in [3.8, 4) is 10.7 Å². The first-order chi connectivity index (χ1) is 8.54. The molecule has 3 aromatic rings. The zero-order valence-corrected chi connectivity index (χ0v) is 12.4. The molecule has 0 saturated heterocycles. The number of imidazole rings is 1. The summed E-state index contributed by atoms with van der Waals surface area (Å²) in [5, 5.41) is 0. The monoisotopic (exact) mass is 321 g/mol. The van der Waals surface area contributed by atoms with Crippen LogP contribution in [0.4, 0.5) is 5.69 Å². The fourth-order valence-electron chi connectivity index (χ4n) is 1.91. The molecule has 0 aliphatic carbocycles. The van der Waals surface area contributed by atoms with E-state index in [1.807, 2.05) is 12.1 Å². The van der Waals surface area contributed by atoms with Gasteiger partial charge in [0.15, 0.2) is 0 Å². The highest BCUT2D eigenvalue weighted by molar-refractivity contribution is 9.10. The number of aromatic amines is 1. The zero-order chi connectivity index (χ0) is 12.9. The van der Waals surface area contributed by atoms with Gasteiger partial charge in [0.2, 0.25) is 0 Å². The highest BCUT2D eigenvalue weighted by Crippen LogP contribution is 2.32. The average molecular weight is 322 g/mol. The van der Waals surface area contributed by atoms with Gasteiger partial charge < -0.3 is 10.7 Å². The van der Waals surface area contributed by atoms with Crippen molar-refractivity contribution in [2.45, 2.75) is 13.8 Å². The maximum atomic E-state index is 5.97. The molecule has 0 aliphatic rings. The van der Waals surface area contributed by atoms with Gasteiger partial charge in [-0.05, 0) is 37.6 Å². The molecule has 0 bridgehead atoms. The minimum atomic E-state index is 0.687. The van der Waals surface area contributed by atoms with Gasteiger partial charge in [-0.1, -0.05) is 15.9 Å². The number of nitrogen functional groups attached to an aromatic ring is 1. The molecule has 3 N–H and O–H groups in total. The summed E-state index contributed by atoms with van der Waals surface area (Å²) >= 11 is 5.19. The van der Waals surface area contributed by atoms with Gasteiger partial charge in [-0.2, -0.15) is 0 Å². The molecular formula is C13H12BrN3S. The van der Waals surface area contributed by atoms with Crippen LogP contribution in [0.5, 0.6) is 0 Å². The molecule has 0 unspecified atom stereocenters. The van der Waals surface area contributed by atoms with Crippen molar-refractivity contribution in [2.75, 3.05) is 5.73 Å². The Morgan fingerprint density at radius 1 is 1.28 bits per heavy atom. The second-order valence-electron chi connectivity index (χ2n) is 4.33. The maximum absolute atomic E-state index is 5.97. The van der Waals surface area contributed by atoms with E-state index in [-0.39, 0.29) is 0 Å². The van der Waals surface area contributed by atoms with E-state index in [1.54, 1.807) is 11.3 Å². The first-order valence-electron chi connectivity index (χ1n) is 5.57. The molecule has 0 fully saturated rings. The number of benzene rings is 1. The number of aromatic nitrogens is 2. The molecule has 2 heterocycles. The van der Waals surface area contributed by atoms with Crippen molar-refractivity contribution >= 4 is 44.0 Å². The number of nitrogens with zero attached hydrogens (tertiary/aromatic N) is 1. The Hall–Kier alpha value is -1.33. The van der Waals surface area contributed by atoms with Crippen LogP contribution in [0.1, 0.15) is 10.4 Å². The number of fused-ring (bicyclic) bond motifs is 1. The quantitative estimate of drug-likeness (QED) is 0.658. The molecular weight excluding hydrogens is 310 g/mol. The molecule has 0 aliphatic heterocycles. The second-order valence-corrected chi connectivity index (χ2v) is 6.50. The first-order valence-corrected chi connectivity index (χ1v) is 7.17. The van der Waals surface area contributed by atoms with Crippen molar-refractivity contribution in [1.29, 1.82) is 0 Å². The molecule has 3 nitrogen and oxygen atoms in total. The summed E-state index contributed by atoms with van der Waals surface area (Å²) in [5.41, 5.74) is 9.75. The minimum Gasteiger partial charge on any atom is -0.397 e. The molecule has 2 aromatic heterocycles. The third kappa shape index (κ3) is 1.83. The minimum absolute atomic E-state index is 0.687. The fourth-order valence-corrected chi connectivity index (χ4v) is 3.37. The Kier molecular flexibility index (Phi) is 2.68. The van der Waals surface area contributed by atoms with Crippen molar-refractivity contribution in [1.82, 2.24) is 9.97 Å². The van der Waals surface area contributed by atoms with Gasteiger partial charge in [0, 0.05) is 9.35 Å². The Labute approximate surface area is 117 Å². The second kappa shape index (κ2) is 4.10. The molecule has 0 amide bonds. The molecule has 1 aromatic carbocycles. The third-order valence-electron chi connectivity index (χ3n) is 2.98. The van der Waals surface area contributed by atoms with Crippen molar-refractivity contribution in [2.24, 2.45) is 0 Å². The van der Waals surface area contributed by atoms with Crippen LogP contribution in [0.3, 0.4) is 0 Å². The van der Waals surface area contributed by atoms with E-state index < -0.39 is 0 Å². The number of halogens is 1. The van der Waals surface area contributed by atoms with E-state index in [1.165, 1.54) is 10.4 Å². The van der Waals surface area contributed by atoms with Crippen LogP contribution in [0.15, 0.2) is 22.7 Å². The highest BCUT2D eigenvalue weighted by atomic mass is 79.9. The highest BCUT2D eigenvalue weighted by Gasteiger charge is 2.11. The van der Waals surface area contributed by atoms with E-state index in [0.29, 0.717) is 5.69 Å². The Morgan fingerprint density at radius 3 is 2.72 bits per heavy atom. The molecule has 5 heteroatoms. The van der Waals surface area contributed by atoms with E-state index in [9.17, 15) is 0 Å². The summed E-state index contributed by atoms with van der Waals surface area (Å²) in [5.74, 6) is 0.885. The van der Waals surface area contributed by atoms with E-state index in [4.69, 9.17) is 5.73 Å². The van der Waals surface area contributed by atoms with Crippen molar-refractivity contribution in [3.63, 3.8) is 0 Å². The third-order valence-corrected chi connectivity index (χ3v) is 4.60. The summed E-state index contributed by atoms with van der Waals surface area (Å²) < 4.78 is 0.959. The lowest BCUT2D eigenvalue weighted by Crippen LogP contribution is -1.86. The average Bonchev–Trinajstić information content (AvgIpc) is 2.84. The van der Waals surface area contributed by atoms with Gasteiger partial charge in [0.25, 0.3) is 0 Å². The maximum Gasteiger partial charge on any atom is 0.148 e. The number of nitrogens with one attached hydrogen (secondary N) is 1. The van der Waals surface area contributed by atoms with Gasteiger partial charge in [-0.25, -0.2) is 4.98 Å². The Bertz CT molecular complexity index is 723. The van der Waals surface area contributed by atoms with Gasteiger partial charge in [-0.3, -0.25) is 0 Å². The van der Waals surface area contributed by atoms with Crippen molar-refractivity contribution < 1.29 is 0 Å². The number of hydrogen-bond acceptors (Lipinski definition) is 3. The van der Waals surface area contributed by atoms with Crippen LogP contribution in [0, 0.1) is 13.8 Å². The van der Waals surface area contributed by atoms with Gasteiger partial charge in [-0.15, -0.1) is 11.3 Å². The topological polar surface area (TPSA) is 54.7 Å². The lowest BCUT2D eigenvalue weighted by molar-refractivity contribution is 1.35. The smallest absolute Gasteiger partial charge is 0.148 e. The van der Waals surface area contributed by atoms with E-state index in [2.05, 4.69) is 45.8 Å². The summed E-state index contributed by atoms with van der Waals surface area (Å²) in [6.45, 7) is 4.24. The number of anilines is 1. The Balaban J connectivity index is 2.22. The fraction of sp³-hybridized carbons (Fsp3) is 0.154. The number of thiophene rings is 1. The normalized spacial score (nSPS) is 11.3. The van der Waals surface area contributed by atoms with Crippen LogP contribution < -0.4 is 5.73 Å². The summed E-state index contributed by atoms with van der Waals surface area (Å²) in [7, 11) is 0. The molecule has 0 radical (unpaired) electrons. The molecule has 0 saturated carbocycles. The number of H-pyrrole nitrogens is 1. The summed E-state index contributed by atoms with van der Waals surface area (Å²) in [6.07, 6.45) is 0. The number of rotatable bonds is 1. The molecule has 18 heavy (non-hydrogen) atoms. The number of hydrogen-bond donors (Lipinski definition) is 2. The van der Waals surface area contributed by atoms with Crippen LogP contribution >= 0.6 is 27.3 Å². The molecule has 92 valence electrons. The van der Waals surface area contributed by atoms with E-state index >= 15 is 0 Å². The van der Waals surface area contributed by atoms with Gasteiger partial charge in [0.05, 0.1) is 16.1 Å². The van der Waals surface area contributed by atoms with Crippen LogP contribution in [0.2, 0.25) is 0 Å². The summed E-state index contributed by atoms with van der Waals surface area (Å²) in [6, 6.07) is 6.02. The standard InChI is InChI=1S/C13H12BrN3S/c1-6-3-11(18-7(6)2)13-16-10-5-8(14)4-9(15)12(10)17-13/h3-5H,15H2,1-2H3,(H,16,17). The largest absolute Gasteiger partial charge is 0.397 e. The van der Waals surface area contributed by atoms with Gasteiger partial charge >= 0.3 is 0 Å². The van der Waals surface area contributed by atoms with Crippen LogP contribution in [0.25, 0.3) is 21.7 Å². The summed E-state index contributed by atoms with van der Waals surface area (Å²) in [4.78, 5) is 10.4. The SMILES string of the molecule is Cc1cc(-c2nc3c(N)cc(Br)cc3[nH]2)sc1C. The number of aryl methyl sites for hydroxylation is 2. The predicted octanol–water partition coefficient (Wildman–Crippen LogP) is 4.25. The molecule has 0 atom stereocenters. The zero-order valence-electron chi connectivity index (χ0n) is 10.0.